The number of likely N-dealkylation sites (tertiary alicyclic amines) is 1. The highest BCUT2D eigenvalue weighted by Gasteiger charge is 2.39. The predicted octanol–water partition coefficient (Wildman–Crippen LogP) is 2.65. The third-order valence-corrected chi connectivity index (χ3v) is 3.87. The summed E-state index contributed by atoms with van der Waals surface area (Å²) in [5.74, 6) is -2.74. The van der Waals surface area contributed by atoms with Crippen LogP contribution in [-0.4, -0.2) is 35.2 Å². The van der Waals surface area contributed by atoms with Crippen LogP contribution in [0.4, 0.5) is 8.78 Å². The summed E-state index contributed by atoms with van der Waals surface area (Å²) in [6.45, 7) is 1.26. The van der Waals surface area contributed by atoms with E-state index in [4.69, 9.17) is 11.6 Å². The zero-order valence-corrected chi connectivity index (χ0v) is 9.85. The minimum atomic E-state index is -2.56. The lowest BCUT2D eigenvalue weighted by Crippen LogP contribution is -2.38. The molecule has 16 heavy (non-hydrogen) atoms. The van der Waals surface area contributed by atoms with E-state index >= 15 is 0 Å². The van der Waals surface area contributed by atoms with E-state index in [1.165, 1.54) is 0 Å². The Hall–Kier alpha value is -0.380. The van der Waals surface area contributed by atoms with Crippen LogP contribution in [0.25, 0.3) is 0 Å². The van der Waals surface area contributed by atoms with Gasteiger partial charge in [0, 0.05) is 31.8 Å². The van der Waals surface area contributed by atoms with Crippen LogP contribution in [0.2, 0.25) is 0 Å². The number of nitrogens with zero attached hydrogens (tertiary/aromatic N) is 1. The summed E-state index contributed by atoms with van der Waals surface area (Å²) in [4.78, 5) is 13.7. The molecular formula is C11H16ClF2NO. The predicted molar refractivity (Wildman–Crippen MR) is 57.7 cm³/mol. The Morgan fingerprint density at radius 1 is 1.25 bits per heavy atom. The number of carbonyl (C=O) groups excluding carboxylic acids is 1. The van der Waals surface area contributed by atoms with Gasteiger partial charge in [-0.2, -0.15) is 0 Å². The number of alkyl halides is 3. The molecule has 1 saturated heterocycles. The molecule has 1 unspecified atom stereocenters. The Labute approximate surface area is 98.9 Å². The summed E-state index contributed by atoms with van der Waals surface area (Å²) in [5.41, 5.74) is 0. The lowest BCUT2D eigenvalue weighted by molar-refractivity contribution is -0.138. The van der Waals surface area contributed by atoms with Crippen molar-refractivity contribution in [2.24, 2.45) is 5.92 Å². The first-order chi connectivity index (χ1) is 7.48. The van der Waals surface area contributed by atoms with Crippen molar-refractivity contribution in [2.45, 2.75) is 43.4 Å². The molecule has 1 heterocycles. The molecular weight excluding hydrogens is 236 g/mol. The van der Waals surface area contributed by atoms with E-state index in [-0.39, 0.29) is 30.0 Å². The summed E-state index contributed by atoms with van der Waals surface area (Å²) in [6, 6.07) is 0. The fourth-order valence-electron chi connectivity index (χ4n) is 2.46. The van der Waals surface area contributed by atoms with E-state index in [0.29, 0.717) is 25.9 Å². The van der Waals surface area contributed by atoms with Gasteiger partial charge in [0.1, 0.15) is 0 Å². The lowest BCUT2D eigenvalue weighted by atomic mass is 9.86. The summed E-state index contributed by atoms with van der Waals surface area (Å²) in [7, 11) is 0. The molecule has 0 spiro atoms. The monoisotopic (exact) mass is 251 g/mol. The van der Waals surface area contributed by atoms with Crippen LogP contribution < -0.4 is 0 Å². The van der Waals surface area contributed by atoms with Crippen molar-refractivity contribution >= 4 is 17.5 Å². The quantitative estimate of drug-likeness (QED) is 0.656. The standard InChI is InChI=1S/C11H16ClF2NO/c12-9-3-6-15(7-9)10(16)8-1-4-11(13,14)5-2-8/h8-9H,1-7H2. The van der Waals surface area contributed by atoms with Gasteiger partial charge >= 0.3 is 0 Å². The van der Waals surface area contributed by atoms with E-state index in [1.807, 2.05) is 0 Å². The SMILES string of the molecule is O=C(C1CCC(F)(F)CC1)N1CCC(Cl)C1. The minimum absolute atomic E-state index is 0.0265. The summed E-state index contributed by atoms with van der Waals surface area (Å²) < 4.78 is 25.9. The maximum atomic E-state index is 12.9. The zero-order chi connectivity index (χ0) is 11.8. The molecule has 1 atom stereocenters. The highest BCUT2D eigenvalue weighted by Crippen LogP contribution is 2.37. The average molecular weight is 252 g/mol. The molecule has 2 aliphatic rings. The molecule has 5 heteroatoms. The van der Waals surface area contributed by atoms with Crippen molar-refractivity contribution in [3.05, 3.63) is 0 Å². The van der Waals surface area contributed by atoms with Crippen molar-refractivity contribution in [1.82, 2.24) is 4.90 Å². The van der Waals surface area contributed by atoms with Crippen LogP contribution in [-0.2, 0) is 4.79 Å². The Kier molecular flexibility index (Phi) is 3.38. The summed E-state index contributed by atoms with van der Waals surface area (Å²) >= 11 is 5.92. The molecule has 0 aromatic rings. The van der Waals surface area contributed by atoms with Crippen LogP contribution >= 0.6 is 11.6 Å². The first-order valence-corrected chi connectivity index (χ1v) is 6.22. The van der Waals surface area contributed by atoms with Gasteiger partial charge in [0.05, 0.1) is 5.38 Å². The van der Waals surface area contributed by atoms with Crippen molar-refractivity contribution in [2.75, 3.05) is 13.1 Å². The van der Waals surface area contributed by atoms with E-state index in [0.717, 1.165) is 6.42 Å². The average Bonchev–Trinajstić information content (AvgIpc) is 2.64. The van der Waals surface area contributed by atoms with Gasteiger partial charge in [-0.25, -0.2) is 8.78 Å². The van der Waals surface area contributed by atoms with E-state index in [2.05, 4.69) is 0 Å². The molecule has 0 aromatic carbocycles. The van der Waals surface area contributed by atoms with Crippen molar-refractivity contribution in [3.63, 3.8) is 0 Å². The van der Waals surface area contributed by atoms with Crippen LogP contribution in [0.5, 0.6) is 0 Å². The molecule has 0 bridgehead atoms. The van der Waals surface area contributed by atoms with E-state index in [1.54, 1.807) is 4.90 Å². The summed E-state index contributed by atoms with van der Waals surface area (Å²) in [5, 5.41) is 0.0361. The van der Waals surface area contributed by atoms with Gasteiger partial charge in [0.15, 0.2) is 0 Å². The molecule has 0 N–H and O–H groups in total. The zero-order valence-electron chi connectivity index (χ0n) is 9.09. The van der Waals surface area contributed by atoms with Gasteiger partial charge < -0.3 is 4.90 Å². The fraction of sp³-hybridized carbons (Fsp3) is 0.909. The van der Waals surface area contributed by atoms with Crippen LogP contribution in [0.15, 0.2) is 0 Å². The molecule has 1 amide bonds. The fourth-order valence-corrected chi connectivity index (χ4v) is 2.73. The second-order valence-electron chi connectivity index (χ2n) is 4.80. The number of amides is 1. The maximum Gasteiger partial charge on any atom is 0.248 e. The first kappa shape index (κ1) is 12.1. The molecule has 2 nitrogen and oxygen atoms in total. The topological polar surface area (TPSA) is 20.3 Å². The number of hydrogen-bond acceptors (Lipinski definition) is 1. The smallest absolute Gasteiger partial charge is 0.248 e. The van der Waals surface area contributed by atoms with Gasteiger partial charge in [0.2, 0.25) is 11.8 Å². The second kappa shape index (κ2) is 4.47. The van der Waals surface area contributed by atoms with Crippen molar-refractivity contribution in [1.29, 1.82) is 0 Å². The highest BCUT2D eigenvalue weighted by molar-refractivity contribution is 6.21. The van der Waals surface area contributed by atoms with Crippen LogP contribution in [0.3, 0.4) is 0 Å². The van der Waals surface area contributed by atoms with Gasteiger partial charge in [-0.1, -0.05) is 0 Å². The minimum Gasteiger partial charge on any atom is -0.341 e. The largest absolute Gasteiger partial charge is 0.341 e. The number of hydrogen-bond donors (Lipinski definition) is 0. The van der Waals surface area contributed by atoms with Crippen molar-refractivity contribution < 1.29 is 13.6 Å². The molecule has 1 saturated carbocycles. The molecule has 1 aliphatic heterocycles. The van der Waals surface area contributed by atoms with E-state index < -0.39 is 5.92 Å². The number of rotatable bonds is 1. The third-order valence-electron chi connectivity index (χ3n) is 3.51. The molecule has 1 aliphatic carbocycles. The molecule has 92 valence electrons. The van der Waals surface area contributed by atoms with Crippen molar-refractivity contribution in [3.8, 4) is 0 Å². The second-order valence-corrected chi connectivity index (χ2v) is 5.42. The van der Waals surface area contributed by atoms with Gasteiger partial charge in [0.25, 0.3) is 0 Å². The molecule has 0 radical (unpaired) electrons. The van der Waals surface area contributed by atoms with Gasteiger partial charge in [-0.3, -0.25) is 4.79 Å². The highest BCUT2D eigenvalue weighted by atomic mass is 35.5. The van der Waals surface area contributed by atoms with Crippen LogP contribution in [0, 0.1) is 5.92 Å². The Morgan fingerprint density at radius 3 is 2.38 bits per heavy atom. The van der Waals surface area contributed by atoms with Crippen LogP contribution in [0.1, 0.15) is 32.1 Å². The summed E-state index contributed by atoms with van der Waals surface area (Å²) in [6.07, 6.45) is 1.14. The molecule has 2 rings (SSSR count). The van der Waals surface area contributed by atoms with Gasteiger partial charge in [-0.05, 0) is 19.3 Å². The maximum absolute atomic E-state index is 12.9. The van der Waals surface area contributed by atoms with E-state index in [9.17, 15) is 13.6 Å². The lowest BCUT2D eigenvalue weighted by Gasteiger charge is -2.30. The number of carbonyl (C=O) groups is 1. The van der Waals surface area contributed by atoms with Gasteiger partial charge in [-0.15, -0.1) is 11.6 Å². The normalized spacial score (nSPS) is 30.7. The number of halogens is 3. The Balaban J connectivity index is 1.87. The Bertz CT molecular complexity index is 275. The first-order valence-electron chi connectivity index (χ1n) is 5.79. The molecule has 2 fully saturated rings. The third kappa shape index (κ3) is 2.65. The molecule has 0 aromatic heterocycles. The Morgan fingerprint density at radius 2 is 1.88 bits per heavy atom.